The Morgan fingerprint density at radius 3 is 2.28 bits per heavy atom. The maximum Gasteiger partial charge on any atom is 0.421 e. The van der Waals surface area contributed by atoms with Crippen LogP contribution in [0, 0.1) is 0 Å². The molecule has 1 aromatic carbocycles. The monoisotopic (exact) mass is 361 g/mol. The fraction of sp³-hybridized carbons (Fsp3) is 0.444. The van der Waals surface area contributed by atoms with Gasteiger partial charge in [0, 0.05) is 18.9 Å². The molecule has 2 rings (SSSR count). The lowest BCUT2D eigenvalue weighted by molar-refractivity contribution is -0.146. The first kappa shape index (κ1) is 19.0. The van der Waals surface area contributed by atoms with Crippen molar-refractivity contribution >= 4 is 31.8 Å². The molecular weight excluding hydrogens is 338 g/mol. The van der Waals surface area contributed by atoms with Crippen LogP contribution in [-0.2, 0) is 20.8 Å². The SMILES string of the molecule is C[Si](C)(C)CC(=O)Cc1ccc(C2CCC(=O)N(C(=O)O)C2=O)cc1. The number of nitrogens with zero attached hydrogens (tertiary/aromatic N) is 1. The van der Waals surface area contributed by atoms with E-state index in [0.29, 0.717) is 29.3 Å². The van der Waals surface area contributed by atoms with E-state index in [-0.39, 0.29) is 12.2 Å². The number of ketones is 1. The Morgan fingerprint density at radius 1 is 1.16 bits per heavy atom. The van der Waals surface area contributed by atoms with Crippen LogP contribution in [0.3, 0.4) is 0 Å². The summed E-state index contributed by atoms with van der Waals surface area (Å²) in [5.41, 5.74) is 1.55. The van der Waals surface area contributed by atoms with Gasteiger partial charge in [-0.05, 0) is 17.5 Å². The van der Waals surface area contributed by atoms with Gasteiger partial charge in [0.1, 0.15) is 5.78 Å². The first-order chi connectivity index (χ1) is 11.6. The molecular formula is C18H23NO5Si. The Balaban J connectivity index is 2.09. The third kappa shape index (κ3) is 4.85. The van der Waals surface area contributed by atoms with Gasteiger partial charge in [0.05, 0.1) is 14.0 Å². The van der Waals surface area contributed by atoms with Gasteiger partial charge in [-0.3, -0.25) is 14.4 Å². The van der Waals surface area contributed by atoms with Crippen LogP contribution >= 0.6 is 0 Å². The molecule has 1 saturated heterocycles. The van der Waals surface area contributed by atoms with Crippen LogP contribution in [0.15, 0.2) is 24.3 Å². The lowest BCUT2D eigenvalue weighted by Crippen LogP contribution is -2.47. The number of amides is 3. The van der Waals surface area contributed by atoms with Crippen molar-refractivity contribution in [1.82, 2.24) is 4.90 Å². The predicted molar refractivity (Wildman–Crippen MR) is 95.2 cm³/mol. The zero-order valence-electron chi connectivity index (χ0n) is 14.7. The quantitative estimate of drug-likeness (QED) is 0.643. The topological polar surface area (TPSA) is 91.8 Å². The molecule has 0 spiro atoms. The molecule has 1 aliphatic heterocycles. The molecule has 0 aromatic heterocycles. The van der Waals surface area contributed by atoms with Crippen LogP contribution in [0.1, 0.15) is 29.9 Å². The molecule has 1 unspecified atom stereocenters. The van der Waals surface area contributed by atoms with E-state index >= 15 is 0 Å². The van der Waals surface area contributed by atoms with E-state index in [1.54, 1.807) is 24.3 Å². The second-order valence-electron chi connectivity index (χ2n) is 7.64. The number of hydrogen-bond acceptors (Lipinski definition) is 4. The van der Waals surface area contributed by atoms with Crippen molar-refractivity contribution in [2.45, 2.75) is 50.9 Å². The maximum absolute atomic E-state index is 12.3. The van der Waals surface area contributed by atoms with Gasteiger partial charge in [-0.2, -0.15) is 4.90 Å². The highest BCUT2D eigenvalue weighted by molar-refractivity contribution is 6.78. The van der Waals surface area contributed by atoms with Gasteiger partial charge < -0.3 is 5.11 Å². The van der Waals surface area contributed by atoms with E-state index in [1.165, 1.54) is 0 Å². The minimum atomic E-state index is -1.53. The van der Waals surface area contributed by atoms with Crippen molar-refractivity contribution in [1.29, 1.82) is 0 Å². The lowest BCUT2D eigenvalue weighted by Gasteiger charge is -2.27. The molecule has 25 heavy (non-hydrogen) atoms. The van der Waals surface area contributed by atoms with Gasteiger partial charge in [-0.1, -0.05) is 43.9 Å². The molecule has 1 N–H and O–H groups in total. The molecule has 0 bridgehead atoms. The normalized spacial score (nSPS) is 18.4. The van der Waals surface area contributed by atoms with E-state index in [1.807, 2.05) is 0 Å². The smallest absolute Gasteiger partial charge is 0.421 e. The molecule has 1 aliphatic rings. The number of benzene rings is 1. The largest absolute Gasteiger partial charge is 0.464 e. The molecule has 1 fully saturated rings. The van der Waals surface area contributed by atoms with Crippen LogP contribution in [0.4, 0.5) is 4.79 Å². The fourth-order valence-electron chi connectivity index (χ4n) is 3.04. The van der Waals surface area contributed by atoms with Crippen molar-refractivity contribution in [3.63, 3.8) is 0 Å². The molecule has 0 radical (unpaired) electrons. The standard InChI is InChI=1S/C18H23NO5Si/c1-25(2,3)11-14(20)10-12-4-6-13(7-5-12)15-8-9-16(21)19(17(15)22)18(23)24/h4-7,15H,8-11H2,1-3H3,(H,23,24). The van der Waals surface area contributed by atoms with Crippen molar-refractivity contribution < 1.29 is 24.3 Å². The first-order valence-corrected chi connectivity index (χ1v) is 12.0. The van der Waals surface area contributed by atoms with Crippen molar-refractivity contribution in [2.24, 2.45) is 0 Å². The Bertz CT molecular complexity index is 705. The van der Waals surface area contributed by atoms with Crippen LogP contribution in [0.2, 0.25) is 25.7 Å². The van der Waals surface area contributed by atoms with Crippen LogP contribution < -0.4 is 0 Å². The summed E-state index contributed by atoms with van der Waals surface area (Å²) in [7, 11) is -1.43. The van der Waals surface area contributed by atoms with E-state index in [4.69, 9.17) is 5.11 Å². The number of hydrogen-bond donors (Lipinski definition) is 1. The van der Waals surface area contributed by atoms with Gasteiger partial charge in [0.2, 0.25) is 11.8 Å². The number of carbonyl (C=O) groups is 4. The summed E-state index contributed by atoms with van der Waals surface area (Å²) in [6, 6.07) is 7.72. The predicted octanol–water partition coefficient (Wildman–Crippen LogP) is 3.05. The van der Waals surface area contributed by atoms with E-state index < -0.39 is 31.9 Å². The van der Waals surface area contributed by atoms with Gasteiger partial charge in [-0.15, -0.1) is 0 Å². The number of Topliss-reactive ketones (excluding diaryl/α,β-unsaturated/α-hetero) is 1. The molecule has 3 amide bonds. The summed E-state index contributed by atoms with van der Waals surface area (Å²) in [5, 5.41) is 9.03. The number of carboxylic acid groups (broad SMARTS) is 1. The summed E-state index contributed by atoms with van der Waals surface area (Å²) in [5.74, 6) is -1.81. The Hall–Kier alpha value is -2.28. The second-order valence-corrected chi connectivity index (χ2v) is 13.1. The number of piperidine rings is 1. The molecule has 134 valence electrons. The van der Waals surface area contributed by atoms with Gasteiger partial charge in [-0.25, -0.2) is 4.79 Å². The third-order valence-corrected chi connectivity index (χ3v) is 5.57. The molecule has 1 heterocycles. The van der Waals surface area contributed by atoms with Crippen molar-refractivity contribution in [3.05, 3.63) is 35.4 Å². The Labute approximate surface area is 147 Å². The van der Waals surface area contributed by atoms with Gasteiger partial charge >= 0.3 is 6.09 Å². The van der Waals surface area contributed by atoms with Crippen LogP contribution in [0.25, 0.3) is 0 Å². The number of imide groups is 3. The fourth-order valence-corrected chi connectivity index (χ4v) is 4.35. The average Bonchev–Trinajstić information content (AvgIpc) is 2.46. The molecule has 7 heteroatoms. The van der Waals surface area contributed by atoms with Crippen LogP contribution in [-0.4, -0.2) is 41.8 Å². The highest BCUT2D eigenvalue weighted by atomic mass is 28.3. The highest BCUT2D eigenvalue weighted by Gasteiger charge is 2.39. The van der Waals surface area contributed by atoms with Gasteiger partial charge in [0.15, 0.2) is 0 Å². The summed E-state index contributed by atoms with van der Waals surface area (Å²) in [4.78, 5) is 47.4. The maximum atomic E-state index is 12.3. The lowest BCUT2D eigenvalue weighted by atomic mass is 9.89. The third-order valence-electron chi connectivity index (χ3n) is 4.12. The van der Waals surface area contributed by atoms with E-state index in [9.17, 15) is 19.2 Å². The van der Waals surface area contributed by atoms with Crippen molar-refractivity contribution in [3.8, 4) is 0 Å². The van der Waals surface area contributed by atoms with Gasteiger partial charge in [0.25, 0.3) is 0 Å². The Kier molecular flexibility index (Phi) is 5.57. The first-order valence-electron chi connectivity index (χ1n) is 8.29. The highest BCUT2D eigenvalue weighted by Crippen LogP contribution is 2.29. The molecule has 6 nitrogen and oxygen atoms in total. The minimum absolute atomic E-state index is 0.0269. The van der Waals surface area contributed by atoms with Crippen LogP contribution in [0.5, 0.6) is 0 Å². The molecule has 0 saturated carbocycles. The second kappa shape index (κ2) is 7.31. The van der Waals surface area contributed by atoms with E-state index in [0.717, 1.165) is 5.56 Å². The molecule has 1 atom stereocenters. The summed E-state index contributed by atoms with van der Waals surface area (Å²) in [6.45, 7) is 6.45. The summed E-state index contributed by atoms with van der Waals surface area (Å²) >= 11 is 0. The summed E-state index contributed by atoms with van der Waals surface area (Å²) < 4.78 is 0. The average molecular weight is 361 g/mol. The Morgan fingerprint density at radius 2 is 1.76 bits per heavy atom. The zero-order valence-corrected chi connectivity index (χ0v) is 15.7. The molecule has 0 aliphatic carbocycles. The number of carbonyl (C=O) groups excluding carboxylic acids is 3. The molecule has 1 aromatic rings. The number of likely N-dealkylation sites (tertiary alicyclic amines) is 1. The number of rotatable bonds is 5. The zero-order chi connectivity index (χ0) is 18.8. The van der Waals surface area contributed by atoms with Crippen molar-refractivity contribution in [2.75, 3.05) is 0 Å². The minimum Gasteiger partial charge on any atom is -0.464 e. The summed E-state index contributed by atoms with van der Waals surface area (Å²) in [6.07, 6.45) is -0.842. The van der Waals surface area contributed by atoms with E-state index in [2.05, 4.69) is 19.6 Å².